The second kappa shape index (κ2) is 13.8. The molecule has 0 heterocycles. The minimum absolute atomic E-state index is 0.0638. The van der Waals surface area contributed by atoms with Gasteiger partial charge in [0.2, 0.25) is 5.91 Å². The molecule has 2 aromatic carbocycles. The van der Waals surface area contributed by atoms with E-state index < -0.39 is 17.9 Å². The van der Waals surface area contributed by atoms with Gasteiger partial charge in [0, 0.05) is 24.2 Å². The lowest BCUT2D eigenvalue weighted by Gasteiger charge is -2.21. The van der Waals surface area contributed by atoms with E-state index in [9.17, 15) is 9.59 Å². The van der Waals surface area contributed by atoms with Crippen molar-refractivity contribution in [3.63, 3.8) is 0 Å². The lowest BCUT2D eigenvalue weighted by molar-refractivity contribution is -0.133. The zero-order chi connectivity index (χ0) is 23.2. The van der Waals surface area contributed by atoms with E-state index in [4.69, 9.17) is 19.4 Å². The summed E-state index contributed by atoms with van der Waals surface area (Å²) in [6, 6.07) is 15.8. The van der Waals surface area contributed by atoms with Crippen LogP contribution in [0, 0.1) is 17.8 Å². The van der Waals surface area contributed by atoms with Crippen molar-refractivity contribution in [2.24, 2.45) is 5.92 Å². The first-order valence-electron chi connectivity index (χ1n) is 10.1. The lowest BCUT2D eigenvalue weighted by atomic mass is 10.0. The number of para-hydroxylation sites is 1. The summed E-state index contributed by atoms with van der Waals surface area (Å²) >= 11 is 0. The Morgan fingerprint density at radius 1 is 1.09 bits per heavy atom. The number of benzene rings is 2. The maximum atomic E-state index is 12.6. The van der Waals surface area contributed by atoms with Gasteiger partial charge in [-0.1, -0.05) is 37.0 Å². The van der Waals surface area contributed by atoms with Crippen LogP contribution in [0.1, 0.15) is 29.3 Å². The molecule has 0 aliphatic rings. The first kappa shape index (κ1) is 24.9. The van der Waals surface area contributed by atoms with E-state index in [-0.39, 0.29) is 32.3 Å². The van der Waals surface area contributed by atoms with Gasteiger partial charge in [0.05, 0.1) is 12.6 Å². The van der Waals surface area contributed by atoms with Crippen molar-refractivity contribution in [3.05, 3.63) is 65.7 Å². The molecule has 0 aliphatic heterocycles. The second-order valence-electron chi connectivity index (χ2n) is 7.04. The maximum Gasteiger partial charge on any atom is 0.251 e. The molecule has 0 saturated carbocycles. The van der Waals surface area contributed by atoms with Crippen molar-refractivity contribution >= 4 is 11.8 Å². The Morgan fingerprint density at radius 3 is 2.47 bits per heavy atom. The summed E-state index contributed by atoms with van der Waals surface area (Å²) < 4.78 is 15.7. The highest BCUT2D eigenvalue weighted by atomic mass is 16.7. The van der Waals surface area contributed by atoms with Crippen molar-refractivity contribution in [2.45, 2.75) is 19.4 Å². The molecule has 170 valence electrons. The molecule has 0 saturated heterocycles. The van der Waals surface area contributed by atoms with Crippen molar-refractivity contribution < 1.29 is 29.0 Å². The number of ether oxygens (including phenoxy) is 3. The van der Waals surface area contributed by atoms with Gasteiger partial charge in [-0.2, -0.15) is 0 Å². The van der Waals surface area contributed by atoms with Gasteiger partial charge < -0.3 is 19.5 Å². The van der Waals surface area contributed by atoms with E-state index in [0.29, 0.717) is 5.56 Å². The third-order valence-corrected chi connectivity index (χ3v) is 4.49. The average Bonchev–Trinajstić information content (AvgIpc) is 2.82. The van der Waals surface area contributed by atoms with Crippen molar-refractivity contribution in [1.29, 1.82) is 0 Å². The van der Waals surface area contributed by atoms with Gasteiger partial charge in [-0.3, -0.25) is 14.8 Å². The molecular formula is C24H28N2O6. The monoisotopic (exact) mass is 440 g/mol. The van der Waals surface area contributed by atoms with Crippen LogP contribution in [-0.2, 0) is 14.3 Å². The molecule has 2 amide bonds. The Balaban J connectivity index is 1.92. The number of nitrogens with one attached hydrogen (secondary N) is 2. The molecule has 2 atom stereocenters. The summed E-state index contributed by atoms with van der Waals surface area (Å²) in [6.07, 6.45) is 0.285. The van der Waals surface area contributed by atoms with Gasteiger partial charge >= 0.3 is 0 Å². The fourth-order valence-electron chi connectivity index (χ4n) is 2.83. The molecule has 0 aromatic heterocycles. The molecule has 0 spiro atoms. The van der Waals surface area contributed by atoms with Gasteiger partial charge in [0.1, 0.15) is 19.1 Å². The van der Waals surface area contributed by atoms with Crippen LogP contribution in [0.2, 0.25) is 0 Å². The van der Waals surface area contributed by atoms with Crippen LogP contribution in [0.15, 0.2) is 54.6 Å². The van der Waals surface area contributed by atoms with Crippen LogP contribution in [0.3, 0.4) is 0 Å². The highest BCUT2D eigenvalue weighted by molar-refractivity contribution is 5.94. The molecule has 0 unspecified atom stereocenters. The Morgan fingerprint density at radius 2 is 1.81 bits per heavy atom. The first-order chi connectivity index (χ1) is 15.5. The van der Waals surface area contributed by atoms with Crippen LogP contribution in [0.5, 0.6) is 5.75 Å². The standard InChI is InChI=1S/C24H28N2O6/c1-18(23(27)26-29)15-21(16-31-17-30-2)25-24(28)20-12-10-19(11-13-20)7-6-14-32-22-8-4-3-5-9-22/h3-5,8-13,18,21,29H,14-17H2,1-2H3,(H,25,28)(H,26,27)/t18-,21-/m0/s1. The highest BCUT2D eigenvalue weighted by Crippen LogP contribution is 2.10. The largest absolute Gasteiger partial charge is 0.481 e. The maximum absolute atomic E-state index is 12.6. The molecule has 0 fully saturated rings. The summed E-state index contributed by atoms with van der Waals surface area (Å²) in [7, 11) is 1.49. The normalized spacial score (nSPS) is 12.1. The summed E-state index contributed by atoms with van der Waals surface area (Å²) in [6.45, 7) is 2.13. The van der Waals surface area contributed by atoms with Crippen molar-refractivity contribution in [3.8, 4) is 17.6 Å². The Hall–Kier alpha value is -3.38. The van der Waals surface area contributed by atoms with E-state index in [1.165, 1.54) is 7.11 Å². The molecule has 8 nitrogen and oxygen atoms in total. The number of amides is 2. The summed E-state index contributed by atoms with van der Waals surface area (Å²) in [5.41, 5.74) is 2.83. The Labute approximate surface area is 187 Å². The SMILES string of the molecule is COCOC[C@H](C[C@H](C)C(=O)NO)NC(=O)c1ccc(C#CCOc2ccccc2)cc1. The van der Waals surface area contributed by atoms with Crippen LogP contribution >= 0.6 is 0 Å². The third-order valence-electron chi connectivity index (χ3n) is 4.49. The number of hydrogen-bond donors (Lipinski definition) is 3. The molecule has 2 aromatic rings. The molecule has 0 aliphatic carbocycles. The quantitative estimate of drug-likeness (QED) is 0.163. The number of carbonyl (C=O) groups is 2. The fourth-order valence-corrected chi connectivity index (χ4v) is 2.83. The number of methoxy groups -OCH3 is 1. The van der Waals surface area contributed by atoms with Gasteiger partial charge in [-0.05, 0) is 42.8 Å². The van der Waals surface area contributed by atoms with E-state index >= 15 is 0 Å². The molecule has 0 bridgehead atoms. The predicted molar refractivity (Wildman–Crippen MR) is 118 cm³/mol. The van der Waals surface area contributed by atoms with E-state index in [1.807, 2.05) is 30.3 Å². The van der Waals surface area contributed by atoms with Crippen molar-refractivity contribution in [2.75, 3.05) is 27.1 Å². The zero-order valence-electron chi connectivity index (χ0n) is 18.2. The summed E-state index contributed by atoms with van der Waals surface area (Å²) in [4.78, 5) is 24.2. The second-order valence-corrected chi connectivity index (χ2v) is 7.04. The van der Waals surface area contributed by atoms with Gasteiger partial charge in [-0.25, -0.2) is 5.48 Å². The first-order valence-corrected chi connectivity index (χ1v) is 10.1. The molecule has 32 heavy (non-hydrogen) atoms. The van der Waals surface area contributed by atoms with E-state index in [1.54, 1.807) is 36.7 Å². The Kier molecular flexibility index (Phi) is 10.8. The van der Waals surface area contributed by atoms with Crippen LogP contribution in [0.4, 0.5) is 0 Å². The average molecular weight is 440 g/mol. The van der Waals surface area contributed by atoms with Gasteiger partial charge in [-0.15, -0.1) is 0 Å². The van der Waals surface area contributed by atoms with E-state index in [2.05, 4.69) is 17.2 Å². The molecular weight excluding hydrogens is 412 g/mol. The molecule has 0 radical (unpaired) electrons. The number of hydroxylamine groups is 1. The molecule has 3 N–H and O–H groups in total. The molecule has 8 heteroatoms. The minimum atomic E-state index is -0.532. The van der Waals surface area contributed by atoms with Crippen LogP contribution in [-0.4, -0.2) is 50.2 Å². The number of rotatable bonds is 11. The van der Waals surface area contributed by atoms with Gasteiger partial charge in [0.15, 0.2) is 0 Å². The topological polar surface area (TPSA) is 106 Å². The highest BCUT2D eigenvalue weighted by Gasteiger charge is 2.21. The zero-order valence-corrected chi connectivity index (χ0v) is 18.2. The van der Waals surface area contributed by atoms with Gasteiger partial charge in [0.25, 0.3) is 5.91 Å². The Bertz CT molecular complexity index is 906. The minimum Gasteiger partial charge on any atom is -0.481 e. The smallest absolute Gasteiger partial charge is 0.251 e. The number of hydrogen-bond acceptors (Lipinski definition) is 6. The summed E-state index contributed by atoms with van der Waals surface area (Å²) in [5.74, 6) is 5.32. The summed E-state index contributed by atoms with van der Waals surface area (Å²) in [5, 5.41) is 11.7. The molecule has 2 rings (SSSR count). The number of carbonyl (C=O) groups excluding carboxylic acids is 2. The third kappa shape index (κ3) is 8.78. The van der Waals surface area contributed by atoms with Crippen LogP contribution in [0.25, 0.3) is 0 Å². The fraction of sp³-hybridized carbons (Fsp3) is 0.333. The lowest BCUT2D eigenvalue weighted by Crippen LogP contribution is -2.41. The predicted octanol–water partition coefficient (Wildman–Crippen LogP) is 2.37. The van der Waals surface area contributed by atoms with Crippen molar-refractivity contribution in [1.82, 2.24) is 10.8 Å². The van der Waals surface area contributed by atoms with Crippen LogP contribution < -0.4 is 15.5 Å². The van der Waals surface area contributed by atoms with E-state index in [0.717, 1.165) is 11.3 Å².